The Morgan fingerprint density at radius 1 is 1.17 bits per heavy atom. The third-order valence-electron chi connectivity index (χ3n) is 5.01. The highest BCUT2D eigenvalue weighted by Crippen LogP contribution is 2.35. The van der Waals surface area contributed by atoms with E-state index in [-0.39, 0.29) is 13.0 Å². The second-order valence-corrected chi connectivity index (χ2v) is 12.2. The summed E-state index contributed by atoms with van der Waals surface area (Å²) in [5.74, 6) is -0.823. The number of thioether (sulfide) groups is 2. The van der Waals surface area contributed by atoms with Crippen LogP contribution in [0.2, 0.25) is 0 Å². The second-order valence-electron chi connectivity index (χ2n) is 7.60. The van der Waals surface area contributed by atoms with Crippen LogP contribution in [0.25, 0.3) is 11.0 Å². The number of allylic oxidation sites excluding steroid dienone is 6. The number of hydrogen-bond donors (Lipinski definition) is 2. The monoisotopic (exact) mass is 564 g/mol. The van der Waals surface area contributed by atoms with E-state index < -0.39 is 5.97 Å². The molecule has 0 unspecified atom stereocenters. The van der Waals surface area contributed by atoms with Crippen molar-refractivity contribution in [1.82, 2.24) is 0 Å². The first-order valence-electron chi connectivity index (χ1n) is 11.2. The maximum atomic E-state index is 11.4. The van der Waals surface area contributed by atoms with Crippen LogP contribution >= 0.6 is 58.4 Å². The highest BCUT2D eigenvalue weighted by Gasteiger charge is 2.14. The first kappa shape index (κ1) is 29.8. The number of aliphatic hydroxyl groups is 1. The summed E-state index contributed by atoms with van der Waals surface area (Å²) in [4.78, 5) is 18.8. The molecule has 0 saturated carbocycles. The first-order valence-corrected chi connectivity index (χ1v) is 15.7. The van der Waals surface area contributed by atoms with E-state index in [4.69, 9.17) is 12.2 Å². The molecule has 0 saturated heterocycles. The van der Waals surface area contributed by atoms with Gasteiger partial charge in [0, 0.05) is 37.4 Å². The van der Waals surface area contributed by atoms with Crippen molar-refractivity contribution in [3.8, 4) is 0 Å². The molecule has 0 aliphatic rings. The molecular weight excluding hydrogens is 533 g/mol. The van der Waals surface area contributed by atoms with Crippen LogP contribution in [-0.2, 0) is 24.1 Å². The molecule has 8 heteroatoms. The molecule has 2 N–H and O–H groups in total. The van der Waals surface area contributed by atoms with Crippen molar-refractivity contribution in [1.29, 1.82) is 0 Å². The van der Waals surface area contributed by atoms with Crippen molar-refractivity contribution in [3.63, 3.8) is 0 Å². The highest BCUT2D eigenvalue weighted by atomic mass is 32.2. The van der Waals surface area contributed by atoms with Crippen molar-refractivity contribution in [2.24, 2.45) is 0 Å². The summed E-state index contributed by atoms with van der Waals surface area (Å²) in [6, 6.07) is 4.11. The number of thiocarbonyl (C=S) groups is 1. The fourth-order valence-corrected chi connectivity index (χ4v) is 6.96. The van der Waals surface area contributed by atoms with Gasteiger partial charge in [0.1, 0.15) is 0 Å². The summed E-state index contributed by atoms with van der Waals surface area (Å²) in [7, 11) is 0. The van der Waals surface area contributed by atoms with E-state index in [0.717, 1.165) is 41.9 Å². The normalized spacial score (nSPS) is 12.8. The third-order valence-corrected chi connectivity index (χ3v) is 9.62. The Balaban J connectivity index is 2.24. The third kappa shape index (κ3) is 9.52. The molecule has 0 radical (unpaired) electrons. The molecule has 188 valence electrons. The predicted molar refractivity (Wildman–Crippen MR) is 163 cm³/mol. The van der Waals surface area contributed by atoms with E-state index >= 15 is 0 Å². The van der Waals surface area contributed by atoms with Gasteiger partial charge in [0.15, 0.2) is 0 Å². The fourth-order valence-electron chi connectivity index (χ4n) is 3.29. The van der Waals surface area contributed by atoms with E-state index in [1.165, 1.54) is 9.81 Å². The smallest absolute Gasteiger partial charge is 0.307 e. The summed E-state index contributed by atoms with van der Waals surface area (Å²) < 4.78 is 0. The quantitative estimate of drug-likeness (QED) is 0.105. The van der Waals surface area contributed by atoms with Crippen molar-refractivity contribution >= 4 is 80.2 Å². The van der Waals surface area contributed by atoms with Crippen LogP contribution in [0.1, 0.15) is 50.9 Å². The Morgan fingerprint density at radius 2 is 1.94 bits per heavy atom. The van der Waals surface area contributed by atoms with Crippen LogP contribution in [0.4, 0.5) is 0 Å². The minimum Gasteiger partial charge on any atom is -0.481 e. The molecule has 3 nitrogen and oxygen atoms in total. The number of carboxylic acids is 1. The summed E-state index contributed by atoms with van der Waals surface area (Å²) in [5.41, 5.74) is 1.92. The molecule has 2 rings (SSSR count). The fraction of sp³-hybridized carbons (Fsp3) is 0.333. The first-order chi connectivity index (χ1) is 16.8. The van der Waals surface area contributed by atoms with Crippen LogP contribution in [0, 0.1) is 0 Å². The summed E-state index contributed by atoms with van der Waals surface area (Å²) in [6.45, 7) is 4.25. The van der Waals surface area contributed by atoms with Crippen LogP contribution in [0.5, 0.6) is 0 Å². The van der Waals surface area contributed by atoms with Gasteiger partial charge in [-0.25, -0.2) is 0 Å². The van der Waals surface area contributed by atoms with Crippen LogP contribution < -0.4 is 0 Å². The van der Waals surface area contributed by atoms with Crippen molar-refractivity contribution < 1.29 is 15.0 Å². The van der Waals surface area contributed by atoms with Gasteiger partial charge in [-0.05, 0) is 72.6 Å². The maximum absolute atomic E-state index is 11.4. The number of carbonyl (C=O) groups is 1. The van der Waals surface area contributed by atoms with Gasteiger partial charge in [0.25, 0.3) is 0 Å². The minimum atomic E-state index is -0.823. The predicted octanol–water partition coefficient (Wildman–Crippen LogP) is 7.88. The van der Waals surface area contributed by atoms with E-state index in [1.54, 1.807) is 46.2 Å². The van der Waals surface area contributed by atoms with Crippen LogP contribution in [0.15, 0.2) is 47.4 Å². The van der Waals surface area contributed by atoms with Gasteiger partial charge < -0.3 is 10.2 Å². The molecule has 2 heterocycles. The molecule has 0 amide bonds. The molecule has 0 aliphatic carbocycles. The standard InChI is InChI=1S/C27H32O3S5/c1-5-8-24(33-4)25-16-20(17-26(29)30)23(35-25)12-7-11-22(31)27-19(13-14-28)15-21(34-27)10-6-9-18(2)32-3/h6-11,15-16,28H,5,12-14,17H2,1-4H3,(H,29,30)/b10-6+,11-7-,18-9-,24-8?. The largest absolute Gasteiger partial charge is 0.481 e. The van der Waals surface area contributed by atoms with E-state index in [0.29, 0.717) is 12.8 Å². The number of aliphatic hydroxyl groups excluding tert-OH is 1. The van der Waals surface area contributed by atoms with Crippen LogP contribution in [0.3, 0.4) is 0 Å². The zero-order valence-electron chi connectivity index (χ0n) is 20.5. The van der Waals surface area contributed by atoms with E-state index in [9.17, 15) is 15.0 Å². The number of aliphatic carboxylic acids is 1. The topological polar surface area (TPSA) is 57.5 Å². The average Bonchev–Trinajstić information content (AvgIpc) is 3.41. The highest BCUT2D eigenvalue weighted by molar-refractivity contribution is 8.07. The molecule has 0 spiro atoms. The van der Waals surface area contributed by atoms with Gasteiger partial charge in [0.05, 0.1) is 11.3 Å². The lowest BCUT2D eigenvalue weighted by Gasteiger charge is -2.01. The van der Waals surface area contributed by atoms with Crippen LogP contribution in [-0.4, -0.2) is 40.2 Å². The number of carboxylic acid groups (broad SMARTS) is 1. The lowest BCUT2D eigenvalue weighted by atomic mass is 10.1. The molecule has 0 aliphatic heterocycles. The van der Waals surface area contributed by atoms with Gasteiger partial charge in [-0.2, -0.15) is 0 Å². The van der Waals surface area contributed by atoms with Gasteiger partial charge in [-0.3, -0.25) is 4.79 Å². The van der Waals surface area contributed by atoms with E-state index in [2.05, 4.69) is 44.4 Å². The Hall–Kier alpha value is -1.42. The summed E-state index contributed by atoms with van der Waals surface area (Å²) in [5, 5.41) is 18.9. The molecule has 0 atom stereocenters. The number of thiophene rings is 2. The van der Waals surface area contributed by atoms with Gasteiger partial charge in [-0.15, -0.1) is 46.2 Å². The minimum absolute atomic E-state index is 0.0175. The van der Waals surface area contributed by atoms with Crippen molar-refractivity contribution in [2.75, 3.05) is 19.1 Å². The molecule has 0 aromatic carbocycles. The van der Waals surface area contributed by atoms with Gasteiger partial charge in [0.2, 0.25) is 0 Å². The molecule has 35 heavy (non-hydrogen) atoms. The Labute approximate surface area is 230 Å². The van der Waals surface area contributed by atoms with Crippen molar-refractivity contribution in [2.45, 2.75) is 39.5 Å². The summed E-state index contributed by atoms with van der Waals surface area (Å²) >= 11 is 12.4. The molecule has 2 aromatic heterocycles. The van der Waals surface area contributed by atoms with Gasteiger partial charge in [-0.1, -0.05) is 43.4 Å². The zero-order valence-corrected chi connectivity index (χ0v) is 24.6. The van der Waals surface area contributed by atoms with Crippen molar-refractivity contribution in [3.05, 3.63) is 78.1 Å². The van der Waals surface area contributed by atoms with E-state index in [1.807, 2.05) is 30.6 Å². The maximum Gasteiger partial charge on any atom is 0.307 e. The number of hydrogen-bond acceptors (Lipinski definition) is 7. The second kappa shape index (κ2) is 15.6. The molecule has 0 fully saturated rings. The molecule has 2 aromatic rings. The Bertz CT molecular complexity index is 1130. The number of rotatable bonds is 14. The molecular formula is C27H32O3S5. The molecule has 0 bridgehead atoms. The van der Waals surface area contributed by atoms with Gasteiger partial charge >= 0.3 is 5.97 Å². The summed E-state index contributed by atoms with van der Waals surface area (Å²) in [6.07, 6.45) is 18.6. The zero-order chi connectivity index (χ0) is 25.8. The SMILES string of the molecule is CCC=C(SC)c1cc(CC(=O)O)c(C/C=C\C(=S)c2sc(/C=C/C=C(/C)SC)cc2CCO)s1. The Kier molecular flexibility index (Phi) is 13.3. The average molecular weight is 565 g/mol. The lowest BCUT2D eigenvalue weighted by Crippen LogP contribution is -2.01. The Morgan fingerprint density at radius 3 is 2.57 bits per heavy atom. The lowest BCUT2D eigenvalue weighted by molar-refractivity contribution is -0.136.